The first-order valence-corrected chi connectivity index (χ1v) is 7.48. The number of rotatable bonds is 6. The Bertz CT molecular complexity index is 1040. The molecule has 2 aromatic rings. The maximum Gasteiger partial charge on any atom is 0.446 e. The van der Waals surface area contributed by atoms with Gasteiger partial charge in [-0.2, -0.15) is 13.4 Å². The van der Waals surface area contributed by atoms with Crippen molar-refractivity contribution >= 4 is 22.2 Å². The lowest BCUT2D eigenvalue weighted by atomic mass is 10.1. The van der Waals surface area contributed by atoms with Crippen LogP contribution < -0.4 is 25.1 Å². The number of benzene rings is 1. The van der Waals surface area contributed by atoms with E-state index in [2.05, 4.69) is 18.9 Å². The van der Waals surface area contributed by atoms with Crippen LogP contribution in [0.1, 0.15) is 19.4 Å². The number of nitrogens with zero attached hydrogens (tertiary/aromatic N) is 2. The van der Waals surface area contributed by atoms with Gasteiger partial charge in [-0.25, -0.2) is 4.98 Å². The maximum atomic E-state index is 11.2. The van der Waals surface area contributed by atoms with Gasteiger partial charge in [-0.15, -0.1) is 0 Å². The molecular weight excluding hydrogens is 340 g/mol. The maximum absolute atomic E-state index is 11.2. The summed E-state index contributed by atoms with van der Waals surface area (Å²) >= 11 is 0. The molecule has 0 bridgehead atoms. The van der Waals surface area contributed by atoms with E-state index in [0.717, 1.165) is 12.1 Å². The number of nitrogen functional groups attached to an aromatic ring is 2. The second-order valence-electron chi connectivity index (χ2n) is 4.45. The smallest absolute Gasteiger partial charge is 0.446 e. The molecule has 0 spiro atoms. The van der Waals surface area contributed by atoms with Crippen LogP contribution in [0.3, 0.4) is 0 Å². The van der Waals surface area contributed by atoms with E-state index in [-0.39, 0.29) is 23.8 Å². The summed E-state index contributed by atoms with van der Waals surface area (Å²) in [7, 11) is -11.3. The highest BCUT2D eigenvalue weighted by Crippen LogP contribution is 2.39. The first-order chi connectivity index (χ1) is 13.5. The van der Waals surface area contributed by atoms with Gasteiger partial charge in [-0.05, 0) is 17.7 Å². The molecular formula is C13H16N4O6S. The number of hydrogen-bond donors (Lipinski definition) is 3. The Kier molecular flexibility index (Phi) is 3.07. The molecule has 0 aliphatic carbocycles. The molecule has 0 atom stereocenters. The summed E-state index contributed by atoms with van der Waals surface area (Å²) in [5.74, 6) is -2.51. The van der Waals surface area contributed by atoms with Gasteiger partial charge in [0.05, 0.1) is 22.3 Å². The van der Waals surface area contributed by atoms with E-state index in [4.69, 9.17) is 29.0 Å². The number of nitrogens with two attached hydrogens (primary N) is 2. The Morgan fingerprint density at radius 3 is 2.58 bits per heavy atom. The van der Waals surface area contributed by atoms with Crippen LogP contribution in [0, 0.1) is 0 Å². The van der Waals surface area contributed by atoms with Crippen LogP contribution in [0.15, 0.2) is 18.3 Å². The second-order valence-corrected chi connectivity index (χ2v) is 5.47. The van der Waals surface area contributed by atoms with Crippen LogP contribution in [0.2, 0.25) is 0 Å². The lowest BCUT2D eigenvalue weighted by Gasteiger charge is -2.14. The van der Waals surface area contributed by atoms with Gasteiger partial charge < -0.3 is 25.1 Å². The van der Waals surface area contributed by atoms with Crippen LogP contribution >= 0.6 is 0 Å². The molecule has 1 aromatic heterocycles. The zero-order valence-corrected chi connectivity index (χ0v) is 12.7. The highest BCUT2D eigenvalue weighted by Gasteiger charge is 2.19. The third-order valence-corrected chi connectivity index (χ3v) is 3.19. The van der Waals surface area contributed by atoms with Crippen LogP contribution in [-0.4, -0.2) is 37.0 Å². The molecule has 1 aromatic carbocycles. The van der Waals surface area contributed by atoms with Gasteiger partial charge in [0.2, 0.25) is 11.7 Å². The predicted molar refractivity (Wildman–Crippen MR) is 85.4 cm³/mol. The Morgan fingerprint density at radius 2 is 1.96 bits per heavy atom. The van der Waals surface area contributed by atoms with Gasteiger partial charge in [-0.1, -0.05) is 0 Å². The summed E-state index contributed by atoms with van der Waals surface area (Å²) in [6, 6.07) is 2.05. The highest BCUT2D eigenvalue weighted by atomic mass is 32.3. The molecule has 0 amide bonds. The van der Waals surface area contributed by atoms with Gasteiger partial charge in [0.15, 0.2) is 11.5 Å². The molecule has 0 saturated carbocycles. The zero-order valence-electron chi connectivity index (χ0n) is 17.9. The molecule has 10 nitrogen and oxygen atoms in total. The van der Waals surface area contributed by atoms with Crippen LogP contribution in [-0.2, 0) is 16.8 Å². The lowest BCUT2D eigenvalue weighted by Crippen LogP contribution is -2.09. The van der Waals surface area contributed by atoms with E-state index in [0.29, 0.717) is 5.56 Å². The first-order valence-electron chi connectivity index (χ1n) is 9.11. The van der Waals surface area contributed by atoms with Gasteiger partial charge in [0.25, 0.3) is 0 Å². The quantitative estimate of drug-likeness (QED) is 0.615. The minimum absolute atomic E-state index is 0.0131. The normalized spacial score (nSPS) is 15.9. The van der Waals surface area contributed by atoms with Crippen LogP contribution in [0.25, 0.3) is 0 Å². The minimum atomic E-state index is -5.14. The summed E-state index contributed by atoms with van der Waals surface area (Å²) in [6.07, 6.45) is 1.18. The number of methoxy groups -OCH3 is 2. The molecule has 2 rings (SSSR count). The van der Waals surface area contributed by atoms with Crippen molar-refractivity contribution in [1.82, 2.24) is 9.97 Å². The Labute approximate surface area is 146 Å². The summed E-state index contributed by atoms with van der Waals surface area (Å²) in [5.41, 5.74) is 11.6. The van der Waals surface area contributed by atoms with Crippen LogP contribution in [0.5, 0.6) is 17.2 Å². The lowest BCUT2D eigenvalue weighted by molar-refractivity contribution is 0.332. The van der Waals surface area contributed by atoms with Crippen molar-refractivity contribution in [2.24, 2.45) is 0 Å². The van der Waals surface area contributed by atoms with Crippen molar-refractivity contribution < 1.29 is 34.9 Å². The molecule has 0 radical (unpaired) electrons. The fourth-order valence-electron chi connectivity index (χ4n) is 1.88. The molecule has 0 aliphatic heterocycles. The number of ether oxygens (including phenoxy) is 2. The standard InChI is InChI=1S/C13H16N4O6S/c1-21-9-4-7(3-8-6-16-13(15)17-12(8)14)5-10(11(9)22-2)23-24(18,19)20/h4-6H,3H2,1-2H3,(H,18,19,20)(H4,14,15,16,17)/i1D3,2D3. The average molecular weight is 362 g/mol. The van der Waals surface area contributed by atoms with E-state index in [1.165, 1.54) is 6.20 Å². The highest BCUT2D eigenvalue weighted by molar-refractivity contribution is 7.81. The van der Waals surface area contributed by atoms with Gasteiger partial charge >= 0.3 is 10.4 Å². The summed E-state index contributed by atoms with van der Waals surface area (Å²) in [5, 5.41) is 0. The van der Waals surface area contributed by atoms with Crippen molar-refractivity contribution in [1.29, 1.82) is 0 Å². The molecule has 0 aliphatic rings. The van der Waals surface area contributed by atoms with Crippen molar-refractivity contribution in [3.8, 4) is 17.2 Å². The number of hydrogen-bond acceptors (Lipinski definition) is 9. The molecule has 0 unspecified atom stereocenters. The van der Waals surface area contributed by atoms with Crippen molar-refractivity contribution in [2.75, 3.05) is 25.5 Å². The predicted octanol–water partition coefficient (Wildman–Crippen LogP) is 0.431. The Morgan fingerprint density at radius 1 is 1.25 bits per heavy atom. The first kappa shape index (κ1) is 10.9. The topological polar surface area (TPSA) is 160 Å². The summed E-state index contributed by atoms with van der Waals surface area (Å²) in [6.45, 7) is 0. The molecule has 5 N–H and O–H groups in total. The van der Waals surface area contributed by atoms with Crippen LogP contribution in [0.4, 0.5) is 11.8 Å². The van der Waals surface area contributed by atoms with E-state index in [9.17, 15) is 8.42 Å². The molecule has 1 heterocycles. The largest absolute Gasteiger partial charge is 0.493 e. The third kappa shape index (κ3) is 4.14. The number of aromatic nitrogens is 2. The molecule has 0 saturated heterocycles. The zero-order chi connectivity index (χ0) is 22.9. The van der Waals surface area contributed by atoms with Crippen molar-refractivity contribution in [3.05, 3.63) is 29.5 Å². The van der Waals surface area contributed by atoms with Crippen molar-refractivity contribution in [2.45, 2.75) is 6.42 Å². The fourth-order valence-corrected chi connectivity index (χ4v) is 2.23. The molecule has 24 heavy (non-hydrogen) atoms. The van der Waals surface area contributed by atoms with E-state index >= 15 is 0 Å². The average Bonchev–Trinajstić information content (AvgIpc) is 2.49. The minimum Gasteiger partial charge on any atom is -0.493 e. The summed E-state index contributed by atoms with van der Waals surface area (Å²) in [4.78, 5) is 7.52. The molecule has 130 valence electrons. The summed E-state index contributed by atoms with van der Waals surface area (Å²) < 4.78 is 88.6. The van der Waals surface area contributed by atoms with E-state index < -0.39 is 41.7 Å². The monoisotopic (exact) mass is 362 g/mol. The van der Waals surface area contributed by atoms with Gasteiger partial charge in [-0.3, -0.25) is 4.55 Å². The Balaban J connectivity index is 2.65. The van der Waals surface area contributed by atoms with E-state index in [1.807, 2.05) is 0 Å². The second kappa shape index (κ2) is 6.76. The van der Waals surface area contributed by atoms with Gasteiger partial charge in [0, 0.05) is 18.2 Å². The molecule has 11 heteroatoms. The molecule has 0 fully saturated rings. The number of anilines is 2. The third-order valence-electron chi connectivity index (χ3n) is 2.80. The fraction of sp³-hybridized carbons (Fsp3) is 0.231. The van der Waals surface area contributed by atoms with Crippen molar-refractivity contribution in [3.63, 3.8) is 0 Å². The van der Waals surface area contributed by atoms with Gasteiger partial charge in [0.1, 0.15) is 5.82 Å². The Hall–Kier alpha value is -2.79. The van der Waals surface area contributed by atoms with E-state index in [1.54, 1.807) is 0 Å². The SMILES string of the molecule is [2H]C([2H])([2H])Oc1cc(Cc2cnc(N)nc2N)cc(OS(=O)(=O)O)c1OC([2H])([2H])[2H].